The highest BCUT2D eigenvalue weighted by atomic mass is 32.2. The van der Waals surface area contributed by atoms with E-state index in [4.69, 9.17) is 4.74 Å². The first-order valence-corrected chi connectivity index (χ1v) is 14.0. The Morgan fingerprint density at radius 1 is 1.15 bits per heavy atom. The number of carbonyl (C=O) groups excluding carboxylic acids is 1. The topological polar surface area (TPSA) is 79.0 Å². The molecule has 1 aromatic heterocycles. The minimum Gasteiger partial charge on any atom is -0.489 e. The van der Waals surface area contributed by atoms with Gasteiger partial charge in [-0.15, -0.1) is 11.3 Å². The van der Waals surface area contributed by atoms with Crippen LogP contribution in [0.1, 0.15) is 56.9 Å². The number of nitrogens with zero attached hydrogens (tertiary/aromatic N) is 2. The second-order valence-electron chi connectivity index (χ2n) is 8.98. The zero-order chi connectivity index (χ0) is 23.4. The zero-order valence-electron chi connectivity index (χ0n) is 19.3. The number of piperidine rings is 1. The van der Waals surface area contributed by atoms with Crippen molar-refractivity contribution in [2.24, 2.45) is 0 Å². The number of sulfonamides is 1. The van der Waals surface area contributed by atoms with Gasteiger partial charge in [0.25, 0.3) is 0 Å². The highest BCUT2D eigenvalue weighted by molar-refractivity contribution is 7.89. The molecule has 0 radical (unpaired) electrons. The summed E-state index contributed by atoms with van der Waals surface area (Å²) in [5.41, 5.74) is 0.402. The predicted octanol–water partition coefficient (Wildman–Crippen LogP) is 4.49. The van der Waals surface area contributed by atoms with Gasteiger partial charge >= 0.3 is 0 Å². The summed E-state index contributed by atoms with van der Waals surface area (Å²) in [7, 11) is -3.61. The number of hydrogen-bond donors (Lipinski definition) is 1. The summed E-state index contributed by atoms with van der Waals surface area (Å²) in [4.78, 5) is 16.7. The molecule has 0 aliphatic carbocycles. The predicted molar refractivity (Wildman–Crippen MR) is 131 cm³/mol. The lowest BCUT2D eigenvalue weighted by Crippen LogP contribution is -2.35. The van der Waals surface area contributed by atoms with Crippen molar-refractivity contribution in [1.82, 2.24) is 9.21 Å². The molecule has 4 rings (SSSR count). The molecule has 2 aliphatic rings. The van der Waals surface area contributed by atoms with Crippen LogP contribution in [0.4, 0.5) is 5.69 Å². The third-order valence-corrected chi connectivity index (χ3v) is 8.99. The van der Waals surface area contributed by atoms with Gasteiger partial charge in [-0.05, 0) is 75.7 Å². The van der Waals surface area contributed by atoms with E-state index in [9.17, 15) is 13.2 Å². The van der Waals surface area contributed by atoms with E-state index < -0.39 is 10.0 Å². The molecular weight excluding hydrogens is 458 g/mol. The molecule has 0 bridgehead atoms. The molecule has 2 aliphatic heterocycles. The fourth-order valence-electron chi connectivity index (χ4n) is 4.57. The normalized spacial score (nSPS) is 20.3. The summed E-state index contributed by atoms with van der Waals surface area (Å²) >= 11 is 1.72. The maximum atomic E-state index is 13.2. The molecule has 2 aromatic rings. The first-order valence-electron chi connectivity index (χ1n) is 11.7. The first-order chi connectivity index (χ1) is 15.8. The molecule has 0 saturated carbocycles. The highest BCUT2D eigenvalue weighted by Crippen LogP contribution is 2.35. The molecule has 1 unspecified atom stereocenters. The minimum atomic E-state index is -3.61. The maximum Gasteiger partial charge on any atom is 0.243 e. The van der Waals surface area contributed by atoms with Crippen LogP contribution in [0.2, 0.25) is 0 Å². The minimum absolute atomic E-state index is 0.105. The number of benzene rings is 1. The van der Waals surface area contributed by atoms with Crippen molar-refractivity contribution < 1.29 is 17.9 Å². The van der Waals surface area contributed by atoms with Crippen molar-refractivity contribution in [3.63, 3.8) is 0 Å². The molecule has 1 amide bonds. The van der Waals surface area contributed by atoms with E-state index in [-0.39, 0.29) is 29.5 Å². The highest BCUT2D eigenvalue weighted by Gasteiger charge is 2.30. The van der Waals surface area contributed by atoms with Gasteiger partial charge in [-0.3, -0.25) is 9.69 Å². The number of ether oxygens (including phenoxy) is 1. The van der Waals surface area contributed by atoms with Crippen molar-refractivity contribution >= 4 is 33.0 Å². The zero-order valence-corrected chi connectivity index (χ0v) is 21.0. The largest absolute Gasteiger partial charge is 0.489 e. The standard InChI is InChI=1S/C24H33N3O4S2/c1-18(2)31-22-11-10-19(33(29,30)27-13-4-3-5-14-27)16-20(22)25-24(28)17-26-12-6-8-21(26)23-9-7-15-32-23/h7,9-11,15-16,18,21H,3-6,8,12-14,17H2,1-2H3,(H,25,28). The molecule has 1 atom stereocenters. The Hall–Kier alpha value is -1.94. The first kappa shape index (κ1) is 24.2. The van der Waals surface area contributed by atoms with Gasteiger partial charge in [-0.2, -0.15) is 4.31 Å². The fourth-order valence-corrected chi connectivity index (χ4v) is 7.01. The van der Waals surface area contributed by atoms with E-state index in [1.165, 1.54) is 9.18 Å². The molecule has 33 heavy (non-hydrogen) atoms. The van der Waals surface area contributed by atoms with Crippen LogP contribution in [-0.2, 0) is 14.8 Å². The van der Waals surface area contributed by atoms with E-state index >= 15 is 0 Å². The number of amides is 1. The Labute approximate surface area is 200 Å². The lowest BCUT2D eigenvalue weighted by Gasteiger charge is -2.26. The van der Waals surface area contributed by atoms with Gasteiger partial charge in [-0.25, -0.2) is 8.42 Å². The van der Waals surface area contributed by atoms with Gasteiger partial charge in [0.2, 0.25) is 15.9 Å². The molecule has 2 saturated heterocycles. The summed E-state index contributed by atoms with van der Waals surface area (Å²) in [6, 6.07) is 9.19. The van der Waals surface area contributed by atoms with Crippen LogP contribution in [0.15, 0.2) is 40.6 Å². The van der Waals surface area contributed by atoms with Crippen molar-refractivity contribution in [3.05, 3.63) is 40.6 Å². The fraction of sp³-hybridized carbons (Fsp3) is 0.542. The van der Waals surface area contributed by atoms with Crippen LogP contribution >= 0.6 is 11.3 Å². The SMILES string of the molecule is CC(C)Oc1ccc(S(=O)(=O)N2CCCCC2)cc1NC(=O)CN1CCCC1c1cccs1. The Kier molecular flexibility index (Phi) is 7.73. The Morgan fingerprint density at radius 3 is 2.64 bits per heavy atom. The Morgan fingerprint density at radius 2 is 1.94 bits per heavy atom. The molecule has 1 aromatic carbocycles. The quantitative estimate of drug-likeness (QED) is 0.589. The average molecular weight is 492 g/mol. The van der Waals surface area contributed by atoms with E-state index in [0.29, 0.717) is 24.5 Å². The Bertz CT molecular complexity index is 1050. The number of rotatable bonds is 8. The van der Waals surface area contributed by atoms with Crippen LogP contribution in [0.5, 0.6) is 5.75 Å². The van der Waals surface area contributed by atoms with E-state index in [1.54, 1.807) is 29.5 Å². The molecule has 3 heterocycles. The summed E-state index contributed by atoms with van der Waals surface area (Å²) in [5, 5.41) is 5.00. The van der Waals surface area contributed by atoms with E-state index in [0.717, 1.165) is 38.6 Å². The number of hydrogen-bond acceptors (Lipinski definition) is 6. The lowest BCUT2D eigenvalue weighted by atomic mass is 10.2. The van der Waals surface area contributed by atoms with Gasteiger partial charge in [-0.1, -0.05) is 12.5 Å². The van der Waals surface area contributed by atoms with Gasteiger partial charge in [0.15, 0.2) is 0 Å². The summed E-state index contributed by atoms with van der Waals surface area (Å²) in [6.07, 6.45) is 4.79. The van der Waals surface area contributed by atoms with Gasteiger partial charge in [0.1, 0.15) is 5.75 Å². The third kappa shape index (κ3) is 5.77. The third-order valence-electron chi connectivity index (χ3n) is 6.12. The second kappa shape index (κ2) is 10.5. The van der Waals surface area contributed by atoms with Crippen LogP contribution in [0.25, 0.3) is 0 Å². The van der Waals surface area contributed by atoms with E-state index in [1.807, 2.05) is 19.9 Å². The smallest absolute Gasteiger partial charge is 0.243 e. The molecule has 7 nitrogen and oxygen atoms in total. The van der Waals surface area contributed by atoms with Crippen molar-refractivity contribution in [2.45, 2.75) is 63.0 Å². The molecule has 0 spiro atoms. The lowest BCUT2D eigenvalue weighted by molar-refractivity contribution is -0.117. The Balaban J connectivity index is 1.53. The van der Waals surface area contributed by atoms with Crippen molar-refractivity contribution in [1.29, 1.82) is 0 Å². The number of thiophene rings is 1. The maximum absolute atomic E-state index is 13.2. The molecule has 9 heteroatoms. The van der Waals surface area contributed by atoms with Crippen LogP contribution in [-0.4, -0.2) is 55.8 Å². The number of likely N-dealkylation sites (tertiary alicyclic amines) is 1. The van der Waals surface area contributed by atoms with Crippen LogP contribution in [0, 0.1) is 0 Å². The average Bonchev–Trinajstić information content (AvgIpc) is 3.47. The van der Waals surface area contributed by atoms with Crippen molar-refractivity contribution in [2.75, 3.05) is 31.5 Å². The van der Waals surface area contributed by atoms with Crippen LogP contribution in [0.3, 0.4) is 0 Å². The van der Waals surface area contributed by atoms with Crippen molar-refractivity contribution in [3.8, 4) is 5.75 Å². The summed E-state index contributed by atoms with van der Waals surface area (Å²) in [5.74, 6) is 0.312. The summed E-state index contributed by atoms with van der Waals surface area (Å²) < 4.78 is 33.8. The molecule has 2 fully saturated rings. The monoisotopic (exact) mass is 491 g/mol. The summed E-state index contributed by atoms with van der Waals surface area (Å²) in [6.45, 7) is 6.00. The van der Waals surface area contributed by atoms with Crippen LogP contribution < -0.4 is 10.1 Å². The van der Waals surface area contributed by atoms with Gasteiger partial charge < -0.3 is 10.1 Å². The number of nitrogens with one attached hydrogen (secondary N) is 1. The van der Waals surface area contributed by atoms with E-state index in [2.05, 4.69) is 21.7 Å². The molecule has 1 N–H and O–H groups in total. The molecule has 180 valence electrons. The second-order valence-corrected chi connectivity index (χ2v) is 11.9. The number of carbonyl (C=O) groups is 1. The number of anilines is 1. The van der Waals surface area contributed by atoms with Gasteiger partial charge in [0, 0.05) is 24.0 Å². The van der Waals surface area contributed by atoms with Gasteiger partial charge in [0.05, 0.1) is 23.2 Å². The molecular formula is C24H33N3O4S2.